The molecule has 0 aromatic heterocycles. The van der Waals surface area contributed by atoms with Gasteiger partial charge in [-0.05, 0) is 62.8 Å². The average molecular weight is 451 g/mol. The highest BCUT2D eigenvalue weighted by Crippen LogP contribution is 2.63. The van der Waals surface area contributed by atoms with Crippen LogP contribution in [0.4, 0.5) is 0 Å². The first-order chi connectivity index (χ1) is 14.8. The highest BCUT2D eigenvalue weighted by Gasteiger charge is 2.43. The zero-order valence-electron chi connectivity index (χ0n) is 19.5. The van der Waals surface area contributed by atoms with Gasteiger partial charge in [-0.2, -0.15) is 0 Å². The Morgan fingerprint density at radius 2 is 1.45 bits per heavy atom. The third-order valence-corrected chi connectivity index (χ3v) is 7.86. The number of carbonyl (C=O) groups excluding carboxylic acids is 1. The first-order valence-corrected chi connectivity index (χ1v) is 12.2. The average Bonchev–Trinajstić information content (AvgIpc) is 3.09. The van der Waals surface area contributed by atoms with Crippen LogP contribution in [0, 0.1) is 5.41 Å². The Morgan fingerprint density at radius 3 is 1.90 bits per heavy atom. The van der Waals surface area contributed by atoms with Gasteiger partial charge in [0.1, 0.15) is 0 Å². The Bertz CT molecular complexity index is 855. The van der Waals surface area contributed by atoms with Crippen molar-refractivity contribution in [1.29, 1.82) is 0 Å². The third kappa shape index (κ3) is 5.82. The van der Waals surface area contributed by atoms with Crippen molar-refractivity contribution in [2.45, 2.75) is 40.5 Å². The number of ketones is 1. The normalized spacial score (nSPS) is 17.1. The summed E-state index contributed by atoms with van der Waals surface area (Å²) >= 11 is 0. The molecule has 0 saturated heterocycles. The summed E-state index contributed by atoms with van der Waals surface area (Å²) in [6.45, 7) is 8.48. The maximum atomic E-state index is 13.9. The SMILES string of the molecule is CCOP(=O)(OCC)/C(=C(/C)C1=C(C(C)=O)CC(COC)(COC)C1)c1ccccc1. The first-order valence-electron chi connectivity index (χ1n) is 10.6. The van der Waals surface area contributed by atoms with E-state index in [4.69, 9.17) is 18.5 Å². The molecule has 0 amide bonds. The number of carbonyl (C=O) groups is 1. The monoisotopic (exact) mass is 450 g/mol. The molecule has 1 aromatic rings. The number of hydrogen-bond donors (Lipinski definition) is 0. The molecule has 1 aliphatic rings. The van der Waals surface area contributed by atoms with Crippen LogP contribution in [0.1, 0.15) is 46.1 Å². The van der Waals surface area contributed by atoms with Crippen molar-refractivity contribution in [2.24, 2.45) is 5.41 Å². The fraction of sp³-hybridized carbons (Fsp3) is 0.542. The zero-order chi connectivity index (χ0) is 23.1. The predicted molar refractivity (Wildman–Crippen MR) is 123 cm³/mol. The number of hydrogen-bond acceptors (Lipinski definition) is 6. The Labute approximate surface area is 186 Å². The van der Waals surface area contributed by atoms with Crippen molar-refractivity contribution in [2.75, 3.05) is 40.6 Å². The first kappa shape index (κ1) is 25.7. The van der Waals surface area contributed by atoms with Crippen molar-refractivity contribution < 1.29 is 27.9 Å². The van der Waals surface area contributed by atoms with Crippen molar-refractivity contribution >= 4 is 18.7 Å². The molecule has 0 fully saturated rings. The van der Waals surface area contributed by atoms with Crippen LogP contribution in [0.3, 0.4) is 0 Å². The second-order valence-corrected chi connectivity index (χ2v) is 9.86. The van der Waals surface area contributed by atoms with Crippen LogP contribution in [0.2, 0.25) is 0 Å². The summed E-state index contributed by atoms with van der Waals surface area (Å²) in [5.41, 5.74) is 2.77. The molecule has 0 aliphatic heterocycles. The number of benzene rings is 1. The number of Topliss-reactive ketones (excluding diaryl/α,β-unsaturated/α-hetero) is 1. The second-order valence-electron chi connectivity index (χ2n) is 7.91. The second kappa shape index (κ2) is 11.3. The van der Waals surface area contributed by atoms with Crippen LogP contribution in [0.5, 0.6) is 0 Å². The van der Waals surface area contributed by atoms with Crippen LogP contribution in [0.15, 0.2) is 47.1 Å². The molecule has 0 spiro atoms. The smallest absolute Gasteiger partial charge is 0.362 e. The van der Waals surface area contributed by atoms with Crippen LogP contribution in [-0.4, -0.2) is 46.4 Å². The van der Waals surface area contributed by atoms with Crippen LogP contribution < -0.4 is 0 Å². The van der Waals surface area contributed by atoms with Crippen molar-refractivity contribution in [3.63, 3.8) is 0 Å². The molecule has 6 nitrogen and oxygen atoms in total. The van der Waals surface area contributed by atoms with E-state index in [2.05, 4.69) is 0 Å². The van der Waals surface area contributed by atoms with Gasteiger partial charge in [0.2, 0.25) is 0 Å². The maximum Gasteiger partial charge on any atom is 0.362 e. The minimum Gasteiger partial charge on any atom is -0.384 e. The highest BCUT2D eigenvalue weighted by atomic mass is 31.2. The molecule has 0 saturated carbocycles. The molecule has 172 valence electrons. The summed E-state index contributed by atoms with van der Waals surface area (Å²) in [7, 11) is -0.313. The van der Waals surface area contributed by atoms with Gasteiger partial charge in [-0.1, -0.05) is 30.3 Å². The molecule has 0 N–H and O–H groups in total. The van der Waals surface area contributed by atoms with Crippen molar-refractivity contribution in [3.8, 4) is 0 Å². The Morgan fingerprint density at radius 1 is 0.935 bits per heavy atom. The van der Waals surface area contributed by atoms with Gasteiger partial charge < -0.3 is 18.5 Å². The van der Waals surface area contributed by atoms with Gasteiger partial charge >= 0.3 is 7.60 Å². The summed E-state index contributed by atoms with van der Waals surface area (Å²) in [5, 5.41) is 0.510. The number of ether oxygens (including phenoxy) is 2. The summed E-state index contributed by atoms with van der Waals surface area (Å²) < 4.78 is 36.4. The van der Waals surface area contributed by atoms with Gasteiger partial charge in [0.15, 0.2) is 5.78 Å². The fourth-order valence-electron chi connectivity index (χ4n) is 4.41. The topological polar surface area (TPSA) is 71.1 Å². The number of rotatable bonds is 12. The predicted octanol–water partition coefficient (Wildman–Crippen LogP) is 5.64. The maximum absolute atomic E-state index is 13.9. The van der Waals surface area contributed by atoms with E-state index < -0.39 is 7.60 Å². The minimum atomic E-state index is -3.62. The lowest BCUT2D eigenvalue weighted by molar-refractivity contribution is -0.114. The molecule has 0 bridgehead atoms. The highest BCUT2D eigenvalue weighted by molar-refractivity contribution is 7.65. The third-order valence-electron chi connectivity index (χ3n) is 5.52. The van der Waals surface area contributed by atoms with E-state index in [1.807, 2.05) is 37.3 Å². The van der Waals surface area contributed by atoms with Gasteiger partial charge in [0, 0.05) is 19.6 Å². The lowest BCUT2D eigenvalue weighted by Gasteiger charge is -2.28. The lowest BCUT2D eigenvalue weighted by atomic mass is 9.84. The summed E-state index contributed by atoms with van der Waals surface area (Å²) in [6.07, 6.45) is 1.14. The minimum absolute atomic E-state index is 0.00139. The van der Waals surface area contributed by atoms with Crippen molar-refractivity contribution in [3.05, 3.63) is 52.6 Å². The molecule has 2 rings (SSSR count). The molecule has 31 heavy (non-hydrogen) atoms. The van der Waals surface area contributed by atoms with Crippen LogP contribution in [-0.2, 0) is 27.9 Å². The van der Waals surface area contributed by atoms with Crippen molar-refractivity contribution in [1.82, 2.24) is 0 Å². The standard InChI is InChI=1S/C24H35O6P/c1-7-29-31(26,30-8-2)23(20-12-10-9-11-13-20)18(3)21-14-24(16-27-5,17-28-6)15-22(21)19(4)25/h9-13H,7-8,14-17H2,1-6H3/b23-18-. The van der Waals surface area contributed by atoms with E-state index in [1.54, 1.807) is 35.0 Å². The zero-order valence-corrected chi connectivity index (χ0v) is 20.4. The largest absolute Gasteiger partial charge is 0.384 e. The molecule has 1 aromatic carbocycles. The van der Waals surface area contributed by atoms with Gasteiger partial charge in [0.25, 0.3) is 0 Å². The molecule has 0 atom stereocenters. The van der Waals surface area contributed by atoms with E-state index in [-0.39, 0.29) is 24.4 Å². The summed E-state index contributed by atoms with van der Waals surface area (Å²) in [4.78, 5) is 12.6. The Kier molecular flexibility index (Phi) is 9.41. The van der Waals surface area contributed by atoms with E-state index in [1.165, 1.54) is 0 Å². The molecular formula is C24H35O6P. The molecular weight excluding hydrogens is 415 g/mol. The van der Waals surface area contributed by atoms with E-state index in [9.17, 15) is 9.36 Å². The Hall–Kier alpha value is -1.56. The van der Waals surface area contributed by atoms with Gasteiger partial charge in [0.05, 0.1) is 31.7 Å². The number of allylic oxidation sites excluding steroid dienone is 3. The van der Waals surface area contributed by atoms with Gasteiger partial charge in [-0.15, -0.1) is 0 Å². The van der Waals surface area contributed by atoms with Gasteiger partial charge in [-0.3, -0.25) is 9.36 Å². The molecule has 0 heterocycles. The van der Waals surface area contributed by atoms with E-state index >= 15 is 0 Å². The molecule has 7 heteroatoms. The quantitative estimate of drug-likeness (QED) is 0.384. The summed E-state index contributed by atoms with van der Waals surface area (Å²) in [6, 6.07) is 9.47. The summed E-state index contributed by atoms with van der Waals surface area (Å²) in [5.74, 6) is -0.00139. The van der Waals surface area contributed by atoms with E-state index in [0.717, 1.165) is 22.3 Å². The van der Waals surface area contributed by atoms with Gasteiger partial charge in [-0.25, -0.2) is 0 Å². The van der Waals surface area contributed by atoms with Crippen LogP contribution >= 0.6 is 7.60 Å². The molecule has 0 unspecified atom stereocenters. The fourth-order valence-corrected chi connectivity index (χ4v) is 6.43. The number of methoxy groups -OCH3 is 2. The lowest BCUT2D eigenvalue weighted by Crippen LogP contribution is -2.29. The Balaban J connectivity index is 2.75. The molecule has 0 radical (unpaired) electrons. The molecule has 1 aliphatic carbocycles. The van der Waals surface area contributed by atoms with E-state index in [0.29, 0.717) is 31.4 Å². The van der Waals surface area contributed by atoms with Crippen LogP contribution in [0.25, 0.3) is 5.31 Å².